The number of primary amides is 1. The van der Waals surface area contributed by atoms with Crippen molar-refractivity contribution < 1.29 is 19.1 Å². The molecule has 1 aromatic carbocycles. The van der Waals surface area contributed by atoms with E-state index in [-0.39, 0.29) is 15.9 Å². The second-order valence-electron chi connectivity index (χ2n) is 4.97. The molecule has 3 N–H and O–H groups in total. The van der Waals surface area contributed by atoms with Crippen LogP contribution in [0.4, 0.5) is 5.69 Å². The summed E-state index contributed by atoms with van der Waals surface area (Å²) in [5.74, 6) is -1.97. The predicted molar refractivity (Wildman–Crippen MR) is 92.7 cm³/mol. The average molecular weight is 382 g/mol. The molecule has 0 bridgehead atoms. The Morgan fingerprint density at radius 2 is 1.80 bits per heavy atom. The molecule has 2 amide bonds. The van der Waals surface area contributed by atoms with Crippen LogP contribution >= 0.6 is 23.2 Å². The smallest absolute Gasteiger partial charge is 0.357 e. The Kier molecular flexibility index (Phi) is 5.95. The lowest BCUT2D eigenvalue weighted by Gasteiger charge is -2.13. The summed E-state index contributed by atoms with van der Waals surface area (Å²) in [6.45, 7) is 1.40. The molecular formula is C16H13Cl2N3O4. The summed E-state index contributed by atoms with van der Waals surface area (Å²) in [6.07, 6.45) is -1.09. The number of anilines is 1. The highest BCUT2D eigenvalue weighted by atomic mass is 35.5. The van der Waals surface area contributed by atoms with Crippen LogP contribution in [0.1, 0.15) is 27.8 Å². The number of rotatable bonds is 5. The van der Waals surface area contributed by atoms with Crippen LogP contribution in [0.15, 0.2) is 36.4 Å². The molecule has 0 spiro atoms. The number of ether oxygens (including phenoxy) is 1. The molecule has 0 aliphatic rings. The van der Waals surface area contributed by atoms with Crippen LogP contribution in [0.2, 0.25) is 10.2 Å². The Morgan fingerprint density at radius 1 is 1.16 bits per heavy atom. The molecule has 0 fully saturated rings. The van der Waals surface area contributed by atoms with Crippen molar-refractivity contribution >= 4 is 46.7 Å². The second kappa shape index (κ2) is 7.96. The van der Waals surface area contributed by atoms with Gasteiger partial charge in [0.2, 0.25) is 5.91 Å². The molecule has 0 unspecified atom stereocenters. The zero-order valence-corrected chi connectivity index (χ0v) is 14.5. The molecule has 0 aliphatic heterocycles. The topological polar surface area (TPSA) is 111 Å². The fraction of sp³-hybridized carbons (Fsp3) is 0.125. The number of esters is 1. The molecule has 9 heteroatoms. The number of hydrogen-bond donors (Lipinski definition) is 2. The third-order valence-corrected chi connectivity index (χ3v) is 3.47. The minimum Gasteiger partial charge on any atom is -0.448 e. The number of hydrogen-bond acceptors (Lipinski definition) is 5. The van der Waals surface area contributed by atoms with Crippen molar-refractivity contribution in [2.75, 3.05) is 5.32 Å². The first-order valence-electron chi connectivity index (χ1n) is 7.01. The summed E-state index contributed by atoms with van der Waals surface area (Å²) >= 11 is 11.5. The third kappa shape index (κ3) is 5.17. The van der Waals surface area contributed by atoms with E-state index in [4.69, 9.17) is 33.7 Å². The van der Waals surface area contributed by atoms with Gasteiger partial charge in [-0.1, -0.05) is 23.2 Å². The first-order chi connectivity index (χ1) is 11.8. The number of amides is 2. The van der Waals surface area contributed by atoms with E-state index < -0.39 is 23.9 Å². The number of benzene rings is 1. The first kappa shape index (κ1) is 18.7. The minimum atomic E-state index is -1.09. The monoisotopic (exact) mass is 381 g/mol. The number of pyridine rings is 1. The fourth-order valence-electron chi connectivity index (χ4n) is 1.81. The predicted octanol–water partition coefficient (Wildman–Crippen LogP) is 2.67. The van der Waals surface area contributed by atoms with Crippen LogP contribution in [0.5, 0.6) is 0 Å². The van der Waals surface area contributed by atoms with Crippen molar-refractivity contribution in [3.8, 4) is 0 Å². The van der Waals surface area contributed by atoms with E-state index in [0.717, 1.165) is 0 Å². The van der Waals surface area contributed by atoms with Crippen molar-refractivity contribution in [3.05, 3.63) is 57.8 Å². The highest BCUT2D eigenvalue weighted by Gasteiger charge is 2.20. The number of halogens is 2. The Bertz CT molecular complexity index is 804. The van der Waals surface area contributed by atoms with Crippen LogP contribution in [-0.2, 0) is 9.53 Å². The summed E-state index contributed by atoms with van der Waals surface area (Å²) in [4.78, 5) is 38.9. The van der Waals surface area contributed by atoms with Gasteiger partial charge in [0.25, 0.3) is 5.91 Å². The molecule has 25 heavy (non-hydrogen) atoms. The molecule has 0 saturated carbocycles. The van der Waals surface area contributed by atoms with E-state index >= 15 is 0 Å². The maximum absolute atomic E-state index is 12.1. The van der Waals surface area contributed by atoms with Gasteiger partial charge in [-0.25, -0.2) is 9.78 Å². The molecule has 1 heterocycles. The fourth-order valence-corrected chi connectivity index (χ4v) is 2.28. The van der Waals surface area contributed by atoms with Gasteiger partial charge in [0.1, 0.15) is 5.15 Å². The summed E-state index contributed by atoms with van der Waals surface area (Å²) in [6, 6.07) is 8.59. The SMILES string of the molecule is C[C@H](OC(=O)c1cc(Cl)cc(Cl)n1)C(=O)Nc1ccc(C(N)=O)cc1. The normalized spacial score (nSPS) is 11.5. The molecule has 2 aromatic rings. The van der Waals surface area contributed by atoms with Crippen LogP contribution < -0.4 is 11.1 Å². The average Bonchev–Trinajstić information content (AvgIpc) is 2.54. The van der Waals surface area contributed by atoms with Crippen molar-refractivity contribution in [1.82, 2.24) is 4.98 Å². The Balaban J connectivity index is 1.99. The van der Waals surface area contributed by atoms with Gasteiger partial charge in [-0.05, 0) is 43.3 Å². The molecule has 1 atom stereocenters. The molecule has 1 aromatic heterocycles. The molecule has 0 radical (unpaired) electrons. The van der Waals surface area contributed by atoms with Crippen molar-refractivity contribution in [2.24, 2.45) is 5.73 Å². The number of carbonyl (C=O) groups excluding carboxylic acids is 3. The van der Waals surface area contributed by atoms with E-state index in [1.165, 1.54) is 43.3 Å². The number of nitrogens with one attached hydrogen (secondary N) is 1. The molecule has 7 nitrogen and oxygen atoms in total. The van der Waals surface area contributed by atoms with E-state index in [0.29, 0.717) is 11.3 Å². The van der Waals surface area contributed by atoms with Crippen molar-refractivity contribution in [1.29, 1.82) is 0 Å². The van der Waals surface area contributed by atoms with Crippen molar-refractivity contribution in [3.63, 3.8) is 0 Å². The highest BCUT2D eigenvalue weighted by Crippen LogP contribution is 2.17. The van der Waals surface area contributed by atoms with Crippen LogP contribution in [-0.4, -0.2) is 28.9 Å². The summed E-state index contributed by atoms with van der Waals surface area (Å²) in [5, 5.41) is 2.80. The highest BCUT2D eigenvalue weighted by molar-refractivity contribution is 6.34. The van der Waals surface area contributed by atoms with Gasteiger partial charge in [-0.15, -0.1) is 0 Å². The Morgan fingerprint density at radius 3 is 2.36 bits per heavy atom. The second-order valence-corrected chi connectivity index (χ2v) is 5.80. The maximum atomic E-state index is 12.1. The summed E-state index contributed by atoms with van der Waals surface area (Å²) in [7, 11) is 0. The van der Waals surface area contributed by atoms with Crippen LogP contribution in [0.3, 0.4) is 0 Å². The van der Waals surface area contributed by atoms with Gasteiger partial charge in [0.15, 0.2) is 11.8 Å². The first-order valence-corrected chi connectivity index (χ1v) is 7.76. The largest absolute Gasteiger partial charge is 0.448 e. The van der Waals surface area contributed by atoms with Gasteiger partial charge < -0.3 is 15.8 Å². The lowest BCUT2D eigenvalue weighted by Crippen LogP contribution is -2.30. The maximum Gasteiger partial charge on any atom is 0.357 e. The van der Waals surface area contributed by atoms with E-state index in [1.807, 2.05) is 0 Å². The van der Waals surface area contributed by atoms with E-state index in [2.05, 4.69) is 10.3 Å². The lowest BCUT2D eigenvalue weighted by atomic mass is 10.2. The number of nitrogens with zero attached hydrogens (tertiary/aromatic N) is 1. The zero-order chi connectivity index (χ0) is 18.6. The van der Waals surface area contributed by atoms with Gasteiger partial charge in [0, 0.05) is 16.3 Å². The van der Waals surface area contributed by atoms with Crippen molar-refractivity contribution in [2.45, 2.75) is 13.0 Å². The van der Waals surface area contributed by atoms with E-state index in [9.17, 15) is 14.4 Å². The van der Waals surface area contributed by atoms with Crippen LogP contribution in [0.25, 0.3) is 0 Å². The number of nitrogens with two attached hydrogens (primary N) is 1. The van der Waals surface area contributed by atoms with Gasteiger partial charge in [-0.3, -0.25) is 9.59 Å². The number of aromatic nitrogens is 1. The molecule has 2 rings (SSSR count). The third-order valence-electron chi connectivity index (χ3n) is 3.06. The van der Waals surface area contributed by atoms with Gasteiger partial charge in [-0.2, -0.15) is 0 Å². The minimum absolute atomic E-state index is 0.0334. The lowest BCUT2D eigenvalue weighted by molar-refractivity contribution is -0.123. The van der Waals surface area contributed by atoms with E-state index in [1.54, 1.807) is 0 Å². The molecule has 0 aliphatic carbocycles. The summed E-state index contributed by atoms with van der Waals surface area (Å²) < 4.78 is 5.04. The Labute approximate surface area is 153 Å². The molecular weight excluding hydrogens is 369 g/mol. The number of carbonyl (C=O) groups is 3. The quantitative estimate of drug-likeness (QED) is 0.610. The molecule has 130 valence electrons. The molecule has 0 saturated heterocycles. The zero-order valence-electron chi connectivity index (χ0n) is 13.0. The standard InChI is InChI=1S/C16H13Cl2N3O4/c1-8(25-16(24)12-6-10(17)7-13(18)21-12)15(23)20-11-4-2-9(3-5-11)14(19)22/h2-8H,1H3,(H2,19,22)(H,20,23)/t8-/m0/s1. The summed E-state index contributed by atoms with van der Waals surface area (Å²) in [5.41, 5.74) is 5.75. The van der Waals surface area contributed by atoms with Gasteiger partial charge in [0.05, 0.1) is 0 Å². The van der Waals surface area contributed by atoms with Gasteiger partial charge >= 0.3 is 5.97 Å². The Hall–Kier alpha value is -2.64. The van der Waals surface area contributed by atoms with Crippen LogP contribution in [0, 0.1) is 0 Å².